The van der Waals surface area contributed by atoms with Crippen LogP contribution in [0.3, 0.4) is 0 Å². The van der Waals surface area contributed by atoms with Crippen LogP contribution in [0.5, 0.6) is 0 Å². The van der Waals surface area contributed by atoms with Crippen molar-refractivity contribution in [3.63, 3.8) is 0 Å². The number of halogens is 3. The first kappa shape index (κ1) is 13.2. The van der Waals surface area contributed by atoms with Crippen molar-refractivity contribution >= 4 is 55.8 Å². The van der Waals surface area contributed by atoms with Gasteiger partial charge < -0.3 is 5.32 Å². The Morgan fingerprint density at radius 1 is 1.12 bits per heavy atom. The van der Waals surface area contributed by atoms with Gasteiger partial charge in [-0.3, -0.25) is 0 Å². The van der Waals surface area contributed by atoms with E-state index in [0.29, 0.717) is 0 Å². The summed E-state index contributed by atoms with van der Waals surface area (Å²) in [4.78, 5) is 0. The van der Waals surface area contributed by atoms with Crippen molar-refractivity contribution in [3.8, 4) is 0 Å². The molecular formula is C13H10BrClIN. The Morgan fingerprint density at radius 2 is 1.82 bits per heavy atom. The second-order valence-electron chi connectivity index (χ2n) is 3.60. The molecule has 0 aliphatic carbocycles. The lowest BCUT2D eigenvalue weighted by Crippen LogP contribution is -2.00. The fourth-order valence-electron chi connectivity index (χ4n) is 1.43. The summed E-state index contributed by atoms with van der Waals surface area (Å²) in [5, 5.41) is 4.16. The van der Waals surface area contributed by atoms with Crippen molar-refractivity contribution in [1.29, 1.82) is 0 Å². The standard InChI is InChI=1S/C13H10BrClIN/c14-12-6-5-11(16)7-13(12)17-8-9-1-3-10(15)4-2-9/h1-7,17H,8H2. The SMILES string of the molecule is Clc1ccc(CNc2cc(I)ccc2Br)cc1. The molecule has 0 bridgehead atoms. The molecule has 2 aromatic rings. The van der Waals surface area contributed by atoms with Crippen LogP contribution < -0.4 is 5.32 Å². The number of rotatable bonds is 3. The molecule has 0 fully saturated rings. The molecule has 0 spiro atoms. The van der Waals surface area contributed by atoms with Crippen molar-refractivity contribution in [2.24, 2.45) is 0 Å². The first-order chi connectivity index (χ1) is 8.15. The summed E-state index contributed by atoms with van der Waals surface area (Å²) in [6.45, 7) is 0.788. The van der Waals surface area contributed by atoms with Crippen molar-refractivity contribution in [2.45, 2.75) is 6.54 Å². The van der Waals surface area contributed by atoms with Crippen LogP contribution in [0.25, 0.3) is 0 Å². The highest BCUT2D eigenvalue weighted by molar-refractivity contribution is 14.1. The molecule has 1 nitrogen and oxygen atoms in total. The molecule has 0 aliphatic rings. The Balaban J connectivity index is 2.07. The largest absolute Gasteiger partial charge is 0.380 e. The van der Waals surface area contributed by atoms with E-state index in [9.17, 15) is 0 Å². The number of benzene rings is 2. The topological polar surface area (TPSA) is 12.0 Å². The van der Waals surface area contributed by atoms with Crippen LogP contribution >= 0.6 is 50.1 Å². The molecule has 17 heavy (non-hydrogen) atoms. The van der Waals surface area contributed by atoms with E-state index < -0.39 is 0 Å². The van der Waals surface area contributed by atoms with Gasteiger partial charge in [0, 0.05) is 25.3 Å². The second kappa shape index (κ2) is 6.07. The van der Waals surface area contributed by atoms with Crippen LogP contribution in [0.4, 0.5) is 5.69 Å². The Bertz CT molecular complexity index is 513. The molecule has 4 heteroatoms. The van der Waals surface area contributed by atoms with Gasteiger partial charge in [0.1, 0.15) is 0 Å². The van der Waals surface area contributed by atoms with Crippen LogP contribution in [-0.2, 0) is 6.54 Å². The maximum absolute atomic E-state index is 5.85. The zero-order valence-electron chi connectivity index (χ0n) is 8.88. The number of nitrogens with one attached hydrogen (secondary N) is 1. The zero-order valence-corrected chi connectivity index (χ0v) is 13.4. The van der Waals surface area contributed by atoms with E-state index >= 15 is 0 Å². The fraction of sp³-hybridized carbons (Fsp3) is 0.0769. The molecule has 0 unspecified atom stereocenters. The summed E-state index contributed by atoms with van der Waals surface area (Å²) in [5.74, 6) is 0. The molecular weight excluding hydrogens is 412 g/mol. The molecule has 0 saturated heterocycles. The van der Waals surface area contributed by atoms with E-state index in [-0.39, 0.29) is 0 Å². The minimum atomic E-state index is 0.768. The lowest BCUT2D eigenvalue weighted by atomic mass is 10.2. The van der Waals surface area contributed by atoms with Gasteiger partial charge in [0.2, 0.25) is 0 Å². The van der Waals surface area contributed by atoms with Gasteiger partial charge in [-0.15, -0.1) is 0 Å². The Morgan fingerprint density at radius 3 is 2.53 bits per heavy atom. The van der Waals surface area contributed by atoms with Crippen LogP contribution in [0.1, 0.15) is 5.56 Å². The predicted octanol–water partition coefficient (Wildman–Crippen LogP) is 5.32. The normalized spacial score (nSPS) is 10.3. The Kier molecular flexibility index (Phi) is 4.70. The zero-order chi connectivity index (χ0) is 12.3. The molecule has 0 amide bonds. The quantitative estimate of drug-likeness (QED) is 0.661. The highest BCUT2D eigenvalue weighted by Gasteiger charge is 2.00. The highest BCUT2D eigenvalue weighted by Crippen LogP contribution is 2.25. The molecule has 1 N–H and O–H groups in total. The third-order valence-corrected chi connectivity index (χ3v) is 3.94. The number of hydrogen-bond donors (Lipinski definition) is 1. The summed E-state index contributed by atoms with van der Waals surface area (Å²) >= 11 is 11.7. The van der Waals surface area contributed by atoms with E-state index in [2.05, 4.69) is 56.0 Å². The van der Waals surface area contributed by atoms with Gasteiger partial charge in [0.15, 0.2) is 0 Å². The lowest BCUT2D eigenvalue weighted by Gasteiger charge is -2.09. The fourth-order valence-corrected chi connectivity index (χ4v) is 2.44. The Hall–Kier alpha value is -0.260. The van der Waals surface area contributed by atoms with Crippen molar-refractivity contribution in [3.05, 3.63) is 61.1 Å². The van der Waals surface area contributed by atoms with Gasteiger partial charge >= 0.3 is 0 Å². The smallest absolute Gasteiger partial charge is 0.0497 e. The van der Waals surface area contributed by atoms with Gasteiger partial charge in [0.05, 0.1) is 0 Å². The Labute approximate surface area is 128 Å². The minimum absolute atomic E-state index is 0.768. The predicted molar refractivity (Wildman–Crippen MR) is 85.6 cm³/mol. The van der Waals surface area contributed by atoms with E-state index in [0.717, 1.165) is 21.7 Å². The van der Waals surface area contributed by atoms with E-state index in [4.69, 9.17) is 11.6 Å². The summed E-state index contributed by atoms with van der Waals surface area (Å²) in [6, 6.07) is 14.1. The summed E-state index contributed by atoms with van der Waals surface area (Å²) in [5.41, 5.74) is 2.31. The molecule has 0 heterocycles. The van der Waals surface area contributed by atoms with Crippen LogP contribution in [-0.4, -0.2) is 0 Å². The highest BCUT2D eigenvalue weighted by atomic mass is 127. The average Bonchev–Trinajstić information content (AvgIpc) is 2.32. The third kappa shape index (κ3) is 3.86. The second-order valence-corrected chi connectivity index (χ2v) is 6.14. The van der Waals surface area contributed by atoms with Gasteiger partial charge in [-0.2, -0.15) is 0 Å². The van der Waals surface area contributed by atoms with Gasteiger partial charge in [-0.25, -0.2) is 0 Å². The molecule has 2 aromatic carbocycles. The maximum Gasteiger partial charge on any atom is 0.0497 e. The minimum Gasteiger partial charge on any atom is -0.380 e. The van der Waals surface area contributed by atoms with Crippen molar-refractivity contribution < 1.29 is 0 Å². The average molecular weight is 422 g/mol. The van der Waals surface area contributed by atoms with Crippen molar-refractivity contribution in [1.82, 2.24) is 0 Å². The molecule has 0 radical (unpaired) electrons. The van der Waals surface area contributed by atoms with Crippen LogP contribution in [0, 0.1) is 3.57 Å². The van der Waals surface area contributed by atoms with E-state index in [1.165, 1.54) is 9.13 Å². The maximum atomic E-state index is 5.85. The molecule has 88 valence electrons. The third-order valence-electron chi connectivity index (χ3n) is 2.32. The van der Waals surface area contributed by atoms with Crippen LogP contribution in [0.2, 0.25) is 5.02 Å². The number of hydrogen-bond acceptors (Lipinski definition) is 1. The molecule has 0 saturated carbocycles. The lowest BCUT2D eigenvalue weighted by molar-refractivity contribution is 1.14. The monoisotopic (exact) mass is 421 g/mol. The van der Waals surface area contributed by atoms with E-state index in [1.807, 2.05) is 30.3 Å². The van der Waals surface area contributed by atoms with Gasteiger partial charge in [-0.05, 0) is 74.4 Å². The molecule has 0 atom stereocenters. The summed E-state index contributed by atoms with van der Waals surface area (Å²) in [6.07, 6.45) is 0. The van der Waals surface area contributed by atoms with Crippen LogP contribution in [0.15, 0.2) is 46.9 Å². The molecule has 2 rings (SSSR count). The van der Waals surface area contributed by atoms with E-state index in [1.54, 1.807) is 0 Å². The number of anilines is 1. The molecule has 0 aromatic heterocycles. The first-order valence-electron chi connectivity index (χ1n) is 5.08. The first-order valence-corrected chi connectivity index (χ1v) is 7.33. The van der Waals surface area contributed by atoms with Crippen molar-refractivity contribution in [2.75, 3.05) is 5.32 Å². The van der Waals surface area contributed by atoms with Gasteiger partial charge in [-0.1, -0.05) is 23.7 Å². The van der Waals surface area contributed by atoms with Gasteiger partial charge in [0.25, 0.3) is 0 Å². The summed E-state index contributed by atoms with van der Waals surface area (Å²) in [7, 11) is 0. The molecule has 0 aliphatic heterocycles. The summed E-state index contributed by atoms with van der Waals surface area (Å²) < 4.78 is 2.29.